The van der Waals surface area contributed by atoms with Crippen molar-refractivity contribution in [2.75, 3.05) is 13.0 Å². The number of nitrogen functional groups attached to an aromatic ring is 1. The van der Waals surface area contributed by atoms with Crippen LogP contribution >= 0.6 is 0 Å². The number of aromatic nitrogens is 1. The monoisotopic (exact) mass is 176 g/mol. The van der Waals surface area contributed by atoms with E-state index in [1.54, 1.807) is 11.8 Å². The number of methoxy groups -OCH3 is 1. The Balaban J connectivity index is 2.80. The van der Waals surface area contributed by atoms with Gasteiger partial charge in [0.05, 0.1) is 12.6 Å². The molecule has 0 aliphatic carbocycles. The Morgan fingerprint density at radius 3 is 2.77 bits per heavy atom. The minimum Gasteiger partial charge on any atom is -0.496 e. The summed E-state index contributed by atoms with van der Waals surface area (Å²) in [7, 11) is 1.67. The fourth-order valence-corrected chi connectivity index (χ4v) is 1.59. The quantitative estimate of drug-likeness (QED) is 0.671. The van der Waals surface area contributed by atoms with Crippen LogP contribution in [0.5, 0.6) is 5.75 Å². The lowest BCUT2D eigenvalue weighted by molar-refractivity contribution is 0.412. The zero-order valence-electron chi connectivity index (χ0n) is 7.74. The van der Waals surface area contributed by atoms with Gasteiger partial charge in [0.15, 0.2) is 0 Å². The van der Waals surface area contributed by atoms with Crippen LogP contribution in [0.15, 0.2) is 24.4 Å². The summed E-state index contributed by atoms with van der Waals surface area (Å²) in [5.41, 5.74) is 2.16. The van der Waals surface area contributed by atoms with Crippen molar-refractivity contribution in [3.63, 3.8) is 0 Å². The van der Waals surface area contributed by atoms with E-state index in [4.69, 9.17) is 10.6 Å². The average molecular weight is 176 g/mol. The van der Waals surface area contributed by atoms with E-state index in [1.807, 2.05) is 31.3 Å². The lowest BCUT2D eigenvalue weighted by atomic mass is 10.1. The van der Waals surface area contributed by atoms with Crippen LogP contribution in [0.3, 0.4) is 0 Å². The average Bonchev–Trinajstić information content (AvgIpc) is 2.50. The smallest absolute Gasteiger partial charge is 0.122 e. The first-order chi connectivity index (χ1) is 6.24. The van der Waals surface area contributed by atoms with E-state index in [1.165, 1.54) is 0 Å². The molecule has 1 heterocycles. The third-order valence-corrected chi connectivity index (χ3v) is 2.34. The van der Waals surface area contributed by atoms with Crippen molar-refractivity contribution in [1.82, 2.24) is 4.68 Å². The molecule has 0 fully saturated rings. The first kappa shape index (κ1) is 7.98. The van der Waals surface area contributed by atoms with Gasteiger partial charge in [-0.15, -0.1) is 0 Å². The van der Waals surface area contributed by atoms with Crippen molar-refractivity contribution in [3.8, 4) is 5.75 Å². The van der Waals surface area contributed by atoms with Crippen LogP contribution in [-0.2, 0) is 0 Å². The summed E-state index contributed by atoms with van der Waals surface area (Å²) in [6.45, 7) is 2.03. The first-order valence-electron chi connectivity index (χ1n) is 4.14. The van der Waals surface area contributed by atoms with E-state index in [9.17, 15) is 0 Å². The van der Waals surface area contributed by atoms with Crippen LogP contribution in [0.4, 0.5) is 0 Å². The van der Waals surface area contributed by atoms with Crippen molar-refractivity contribution in [1.29, 1.82) is 0 Å². The topological polar surface area (TPSA) is 40.2 Å². The maximum Gasteiger partial charge on any atom is 0.122 e. The minimum absolute atomic E-state index is 0.902. The molecule has 1 aromatic carbocycles. The highest BCUT2D eigenvalue weighted by molar-refractivity contribution is 5.85. The van der Waals surface area contributed by atoms with Gasteiger partial charge in [-0.3, -0.25) is 4.68 Å². The van der Waals surface area contributed by atoms with Gasteiger partial charge in [-0.25, -0.2) is 0 Å². The molecule has 2 rings (SSSR count). The molecule has 68 valence electrons. The van der Waals surface area contributed by atoms with Gasteiger partial charge in [-0.05, 0) is 25.1 Å². The molecule has 2 aromatic rings. The predicted octanol–water partition coefficient (Wildman–Crippen LogP) is 1.67. The number of fused-ring (bicyclic) bond motifs is 1. The molecule has 0 aliphatic heterocycles. The third kappa shape index (κ3) is 1.04. The van der Waals surface area contributed by atoms with E-state index in [0.29, 0.717) is 0 Å². The Hall–Kier alpha value is -1.64. The van der Waals surface area contributed by atoms with Gasteiger partial charge in [0.1, 0.15) is 5.75 Å². The van der Waals surface area contributed by atoms with Crippen molar-refractivity contribution in [2.24, 2.45) is 0 Å². The highest BCUT2D eigenvalue weighted by atomic mass is 16.5. The number of aryl methyl sites for hydroxylation is 1. The van der Waals surface area contributed by atoms with Crippen LogP contribution < -0.4 is 10.6 Å². The summed E-state index contributed by atoms with van der Waals surface area (Å²) >= 11 is 0. The van der Waals surface area contributed by atoms with Crippen molar-refractivity contribution < 1.29 is 4.74 Å². The normalized spacial score (nSPS) is 10.6. The SMILES string of the molecule is COc1ccc2c(ccn2N)c1C. The number of hydrogen-bond acceptors (Lipinski definition) is 2. The molecule has 13 heavy (non-hydrogen) atoms. The van der Waals surface area contributed by atoms with Crippen LogP contribution in [0, 0.1) is 6.92 Å². The molecule has 2 N–H and O–H groups in total. The third-order valence-electron chi connectivity index (χ3n) is 2.34. The second-order valence-electron chi connectivity index (χ2n) is 3.05. The Labute approximate surface area is 76.7 Å². The summed E-state index contributed by atoms with van der Waals surface area (Å²) in [6.07, 6.45) is 1.84. The first-order valence-corrected chi connectivity index (χ1v) is 4.14. The zero-order chi connectivity index (χ0) is 9.42. The standard InChI is InChI=1S/C10H12N2O/c1-7-8-5-6-12(11)9(8)3-4-10(7)13-2/h3-6H,11H2,1-2H3. The van der Waals surface area contributed by atoms with Gasteiger partial charge >= 0.3 is 0 Å². The van der Waals surface area contributed by atoms with Crippen LogP contribution in [0.1, 0.15) is 5.56 Å². The second-order valence-corrected chi connectivity index (χ2v) is 3.05. The van der Waals surface area contributed by atoms with E-state index >= 15 is 0 Å². The molecule has 0 aliphatic rings. The van der Waals surface area contributed by atoms with Gasteiger partial charge in [-0.2, -0.15) is 0 Å². The van der Waals surface area contributed by atoms with Gasteiger partial charge in [-0.1, -0.05) is 0 Å². The van der Waals surface area contributed by atoms with Crippen LogP contribution in [0.25, 0.3) is 10.9 Å². The molecule has 0 radical (unpaired) electrons. The maximum atomic E-state index is 5.71. The van der Waals surface area contributed by atoms with Crippen molar-refractivity contribution in [3.05, 3.63) is 30.0 Å². The molecule has 0 saturated carbocycles. The van der Waals surface area contributed by atoms with Crippen LogP contribution in [-0.4, -0.2) is 11.8 Å². The van der Waals surface area contributed by atoms with Crippen molar-refractivity contribution >= 4 is 10.9 Å². The molecule has 0 unspecified atom stereocenters. The summed E-state index contributed by atoms with van der Waals surface area (Å²) in [6, 6.07) is 5.88. The molecular weight excluding hydrogens is 164 g/mol. The van der Waals surface area contributed by atoms with Gasteiger partial charge < -0.3 is 10.6 Å². The van der Waals surface area contributed by atoms with E-state index < -0.39 is 0 Å². The highest BCUT2D eigenvalue weighted by Gasteiger charge is 2.05. The van der Waals surface area contributed by atoms with Crippen LogP contribution in [0.2, 0.25) is 0 Å². The summed E-state index contributed by atoms with van der Waals surface area (Å²) in [4.78, 5) is 0. The lowest BCUT2D eigenvalue weighted by Gasteiger charge is -2.05. The summed E-state index contributed by atoms with van der Waals surface area (Å²) < 4.78 is 6.83. The predicted molar refractivity (Wildman–Crippen MR) is 53.4 cm³/mol. The number of benzene rings is 1. The Bertz CT molecular complexity index is 445. The molecule has 1 aromatic heterocycles. The molecule has 0 saturated heterocycles. The van der Waals surface area contributed by atoms with Gasteiger partial charge in [0.2, 0.25) is 0 Å². The molecule has 0 amide bonds. The number of hydrogen-bond donors (Lipinski definition) is 1. The number of nitrogens with zero attached hydrogens (tertiary/aromatic N) is 1. The number of nitrogens with two attached hydrogens (primary N) is 1. The maximum absolute atomic E-state index is 5.71. The largest absolute Gasteiger partial charge is 0.496 e. The summed E-state index contributed by atoms with van der Waals surface area (Å²) in [5.74, 6) is 6.61. The Morgan fingerprint density at radius 1 is 1.31 bits per heavy atom. The second kappa shape index (κ2) is 2.69. The van der Waals surface area contributed by atoms with E-state index in [-0.39, 0.29) is 0 Å². The van der Waals surface area contributed by atoms with E-state index in [0.717, 1.165) is 22.2 Å². The Morgan fingerprint density at radius 2 is 2.08 bits per heavy atom. The highest BCUT2D eigenvalue weighted by Crippen LogP contribution is 2.26. The zero-order valence-corrected chi connectivity index (χ0v) is 7.74. The van der Waals surface area contributed by atoms with Gasteiger partial charge in [0, 0.05) is 17.1 Å². The van der Waals surface area contributed by atoms with Gasteiger partial charge in [0.25, 0.3) is 0 Å². The molecule has 0 spiro atoms. The van der Waals surface area contributed by atoms with E-state index in [2.05, 4.69) is 0 Å². The number of rotatable bonds is 1. The molecule has 0 bridgehead atoms. The Kier molecular flexibility index (Phi) is 1.65. The summed E-state index contributed by atoms with van der Waals surface area (Å²) in [5, 5.41) is 1.14. The van der Waals surface area contributed by atoms with Crippen molar-refractivity contribution in [2.45, 2.75) is 6.92 Å². The minimum atomic E-state index is 0.902. The molecule has 3 heteroatoms. The number of ether oxygens (including phenoxy) is 1. The lowest BCUT2D eigenvalue weighted by Crippen LogP contribution is -2.04. The fourth-order valence-electron chi connectivity index (χ4n) is 1.59. The molecular formula is C10H12N2O. The fraction of sp³-hybridized carbons (Fsp3) is 0.200. The molecule has 3 nitrogen and oxygen atoms in total. The molecule has 0 atom stereocenters.